The topological polar surface area (TPSA) is 133 Å². The summed E-state index contributed by atoms with van der Waals surface area (Å²) in [5, 5.41) is 19.5. The fourth-order valence-corrected chi connectivity index (χ4v) is 9.94. The van der Waals surface area contributed by atoms with E-state index >= 15 is 0 Å². The van der Waals surface area contributed by atoms with Gasteiger partial charge in [0.05, 0.1) is 25.9 Å². The molecule has 6 rings (SSSR count). The molecule has 1 aromatic rings. The summed E-state index contributed by atoms with van der Waals surface area (Å²) < 4.78 is 6.17. The number of anilines is 1. The molecule has 11 nitrogen and oxygen atoms in total. The summed E-state index contributed by atoms with van der Waals surface area (Å²) in [4.78, 5) is 38.8. The Kier molecular flexibility index (Phi) is 13.0. The van der Waals surface area contributed by atoms with Crippen molar-refractivity contribution >= 4 is 23.1 Å². The van der Waals surface area contributed by atoms with E-state index in [1.54, 1.807) is 19.1 Å². The van der Waals surface area contributed by atoms with Crippen LogP contribution in [0.4, 0.5) is 5.69 Å². The molecule has 302 valence electrons. The van der Waals surface area contributed by atoms with Gasteiger partial charge >= 0.3 is 0 Å². The van der Waals surface area contributed by atoms with Gasteiger partial charge in [-0.2, -0.15) is 5.06 Å². The number of aliphatic hydroxyl groups excluding tert-OH is 1. The molecule has 9 atom stereocenters. The van der Waals surface area contributed by atoms with Gasteiger partial charge < -0.3 is 36.0 Å². The number of amides is 2. The average molecular weight is 751 g/mol. The Morgan fingerprint density at radius 1 is 1.15 bits per heavy atom. The Balaban J connectivity index is 1.43. The molecule has 1 aliphatic heterocycles. The quantitative estimate of drug-likeness (QED) is 0.206. The van der Waals surface area contributed by atoms with E-state index in [0.29, 0.717) is 34.5 Å². The zero-order valence-corrected chi connectivity index (χ0v) is 35.2. The molecule has 2 amide bonds. The Morgan fingerprint density at radius 3 is 2.41 bits per heavy atom. The van der Waals surface area contributed by atoms with Crippen LogP contribution in [-0.4, -0.2) is 112 Å². The van der Waals surface area contributed by atoms with Crippen LogP contribution < -0.4 is 21.3 Å². The average Bonchev–Trinajstić information content (AvgIpc) is 3.46. The third-order valence-electron chi connectivity index (χ3n) is 12.8. The third-order valence-corrected chi connectivity index (χ3v) is 12.8. The van der Waals surface area contributed by atoms with Crippen molar-refractivity contribution in [3.63, 3.8) is 0 Å². The number of carbonyl (C=O) groups is 2. The molecule has 2 bridgehead atoms. The van der Waals surface area contributed by atoms with Crippen LogP contribution in [0.2, 0.25) is 0 Å². The van der Waals surface area contributed by atoms with Gasteiger partial charge in [0.1, 0.15) is 11.8 Å². The number of hydrogen-bond acceptors (Lipinski definition) is 9. The number of hydroxylamine groups is 2. The van der Waals surface area contributed by atoms with Crippen molar-refractivity contribution in [3.8, 4) is 0 Å². The van der Waals surface area contributed by atoms with Gasteiger partial charge in [0.25, 0.3) is 5.91 Å². The summed E-state index contributed by atoms with van der Waals surface area (Å²) in [6.45, 7) is 16.5. The molecular weight excluding hydrogens is 681 g/mol. The van der Waals surface area contributed by atoms with Crippen LogP contribution in [0, 0.1) is 34.5 Å². The second kappa shape index (κ2) is 16.6. The number of methoxy groups -OCH3 is 1. The fraction of sp³-hybridized carbons (Fsp3) is 0.721. The van der Waals surface area contributed by atoms with Crippen molar-refractivity contribution < 1.29 is 24.3 Å². The summed E-state index contributed by atoms with van der Waals surface area (Å²) >= 11 is 0. The molecule has 1 saturated heterocycles. The highest BCUT2D eigenvalue weighted by molar-refractivity contribution is 5.97. The van der Waals surface area contributed by atoms with Crippen LogP contribution >= 0.6 is 0 Å². The minimum atomic E-state index is -0.803. The maximum Gasteiger partial charge on any atom is 0.251 e. The number of rotatable bonds is 14. The molecule has 0 unspecified atom stereocenters. The minimum absolute atomic E-state index is 0.00999. The summed E-state index contributed by atoms with van der Waals surface area (Å²) in [6, 6.07) is 5.36. The minimum Gasteiger partial charge on any atom is -0.496 e. The molecule has 0 radical (unpaired) electrons. The highest BCUT2D eigenvalue weighted by Crippen LogP contribution is 2.61. The smallest absolute Gasteiger partial charge is 0.251 e. The Morgan fingerprint density at radius 2 is 1.85 bits per heavy atom. The van der Waals surface area contributed by atoms with Crippen LogP contribution in [0.25, 0.3) is 5.57 Å². The maximum absolute atomic E-state index is 14.3. The standard InChI is InChI=1S/C43H70N6O5/c1-25-34-19-30(43(34,6)7)20-35(25)46-41(52)38-37(26(2)50)36(22-44)54-49(38)23-27-14-13-15-33(39(27)53-12)28-16-29(18-32(17-28)48(10)11)40(51)45-31(24-47(8)9)21-42(3,4)5/h14,16-18,25-26,30-31,34-38,50H,13,15,19-24,44H2,1-12H3,(H,45,51)(H,46,52)/t25-,26-,30-,31-,34-,35-,36-,37+,38-/m0/s1. The normalized spacial score (nSPS) is 29.3. The van der Waals surface area contributed by atoms with E-state index in [-0.39, 0.29) is 42.4 Å². The first-order chi connectivity index (χ1) is 25.2. The molecular formula is C43H70N6O5. The number of aliphatic hydroxyl groups is 1. The van der Waals surface area contributed by atoms with Crippen LogP contribution in [-0.2, 0) is 14.4 Å². The maximum atomic E-state index is 14.3. The number of carbonyl (C=O) groups excluding carboxylic acids is 2. The van der Waals surface area contributed by atoms with Gasteiger partial charge in [0, 0.05) is 67.6 Å². The number of fused-ring (bicyclic) bond motifs is 2. The van der Waals surface area contributed by atoms with Crippen molar-refractivity contribution in [2.45, 2.75) is 111 Å². The zero-order chi connectivity index (χ0) is 39.9. The largest absolute Gasteiger partial charge is 0.496 e. The summed E-state index contributed by atoms with van der Waals surface area (Å²) in [7, 11) is 9.69. The van der Waals surface area contributed by atoms with Crippen molar-refractivity contribution in [1.29, 1.82) is 0 Å². The van der Waals surface area contributed by atoms with Gasteiger partial charge in [-0.1, -0.05) is 47.6 Å². The third kappa shape index (κ3) is 9.02. The van der Waals surface area contributed by atoms with Crippen LogP contribution in [0.5, 0.6) is 0 Å². The lowest BCUT2D eigenvalue weighted by Crippen LogP contribution is -2.62. The molecule has 4 fully saturated rings. The second-order valence-corrected chi connectivity index (χ2v) is 18.9. The number of benzene rings is 1. The zero-order valence-electron chi connectivity index (χ0n) is 35.2. The molecule has 1 aromatic carbocycles. The molecule has 0 aromatic heterocycles. The van der Waals surface area contributed by atoms with Crippen LogP contribution in [0.3, 0.4) is 0 Å². The van der Waals surface area contributed by atoms with E-state index in [1.165, 1.54) is 6.42 Å². The van der Waals surface area contributed by atoms with Gasteiger partial charge in [-0.3, -0.25) is 14.4 Å². The van der Waals surface area contributed by atoms with Crippen LogP contribution in [0.15, 0.2) is 35.6 Å². The molecule has 54 heavy (non-hydrogen) atoms. The van der Waals surface area contributed by atoms with Gasteiger partial charge in [-0.25, -0.2) is 0 Å². The number of nitrogens with zero attached hydrogens (tertiary/aromatic N) is 3. The summed E-state index contributed by atoms with van der Waals surface area (Å²) in [5.74, 6) is 1.54. The van der Waals surface area contributed by atoms with E-state index in [1.807, 2.05) is 45.2 Å². The lowest BCUT2D eigenvalue weighted by Gasteiger charge is -2.62. The SMILES string of the molecule is COC1=C(c2cc(C(=O)N[C@H](CN(C)C)CC(C)(C)C)cc(N(C)C)c2)CCC=C1CN1O[C@@H](CN)[C@@H]([C@H](C)O)[C@H]1C(=O)N[C@H]1C[C@@H]2C[C@@H]([C@@H]1C)C2(C)C. The summed E-state index contributed by atoms with van der Waals surface area (Å²) in [6.07, 6.45) is 5.35. The number of nitrogens with two attached hydrogens (primary N) is 1. The van der Waals surface area contributed by atoms with Crippen molar-refractivity contribution in [2.24, 2.45) is 40.2 Å². The fourth-order valence-electron chi connectivity index (χ4n) is 9.94. The van der Waals surface area contributed by atoms with E-state index in [9.17, 15) is 14.7 Å². The first-order valence-corrected chi connectivity index (χ1v) is 20.1. The molecule has 5 aliphatic rings. The summed E-state index contributed by atoms with van der Waals surface area (Å²) in [5.41, 5.74) is 10.9. The number of allylic oxidation sites excluding steroid dienone is 2. The lowest BCUT2D eigenvalue weighted by atomic mass is 9.45. The van der Waals surface area contributed by atoms with Gasteiger partial charge in [0.15, 0.2) is 0 Å². The van der Waals surface area contributed by atoms with E-state index in [4.69, 9.17) is 15.3 Å². The van der Waals surface area contributed by atoms with E-state index in [2.05, 4.69) is 69.2 Å². The highest BCUT2D eigenvalue weighted by Gasteiger charge is 2.57. The van der Waals surface area contributed by atoms with Gasteiger partial charge in [-0.15, -0.1) is 0 Å². The number of ether oxygens (including phenoxy) is 1. The molecule has 0 spiro atoms. The Hall–Kier alpha value is -2.96. The molecule has 5 N–H and O–H groups in total. The predicted molar refractivity (Wildman–Crippen MR) is 217 cm³/mol. The number of likely N-dealkylation sites (N-methyl/N-ethyl adjacent to an activating group) is 1. The predicted octanol–water partition coefficient (Wildman–Crippen LogP) is 5.05. The van der Waals surface area contributed by atoms with Crippen molar-refractivity contribution in [3.05, 3.63) is 46.7 Å². The number of hydrogen-bond donors (Lipinski definition) is 4. The lowest BCUT2D eigenvalue weighted by molar-refractivity contribution is -0.166. The first kappa shape index (κ1) is 42.2. The Bertz CT molecular complexity index is 1580. The molecule has 1 heterocycles. The molecule has 4 aliphatic carbocycles. The monoisotopic (exact) mass is 751 g/mol. The Labute approximate surface area is 325 Å². The van der Waals surface area contributed by atoms with Gasteiger partial charge in [0.2, 0.25) is 5.91 Å². The first-order valence-electron chi connectivity index (χ1n) is 20.1. The van der Waals surface area contributed by atoms with E-state index < -0.39 is 24.2 Å². The van der Waals surface area contributed by atoms with Crippen molar-refractivity contribution in [1.82, 2.24) is 20.6 Å². The highest BCUT2D eigenvalue weighted by atomic mass is 16.7. The second-order valence-electron chi connectivity index (χ2n) is 18.9. The van der Waals surface area contributed by atoms with Crippen LogP contribution in [0.1, 0.15) is 96.5 Å². The number of nitrogens with one attached hydrogen (secondary N) is 2. The molecule has 3 saturated carbocycles. The molecule has 11 heteroatoms. The van der Waals surface area contributed by atoms with E-state index in [0.717, 1.165) is 54.6 Å². The van der Waals surface area contributed by atoms with Crippen molar-refractivity contribution in [2.75, 3.05) is 59.8 Å². The van der Waals surface area contributed by atoms with Gasteiger partial charge in [-0.05, 0) is 105 Å².